The van der Waals surface area contributed by atoms with E-state index in [1.54, 1.807) is 0 Å². The molecule has 0 aromatic rings. The molecule has 2 aliphatic carbocycles. The number of hydrogen-bond acceptors (Lipinski definition) is 6. The molecule has 5 amide bonds. The minimum absolute atomic E-state index is 0.0819. The highest BCUT2D eigenvalue weighted by Crippen LogP contribution is 2.43. The summed E-state index contributed by atoms with van der Waals surface area (Å²) in [6, 6.07) is -4.12. The minimum Gasteiger partial charge on any atom is -0.356 e. The summed E-state index contributed by atoms with van der Waals surface area (Å²) in [5.41, 5.74) is -1.12. The molecule has 6 atom stereocenters. The molecule has 2 aliphatic heterocycles. The Kier molecular flexibility index (Phi) is 8.70. The van der Waals surface area contributed by atoms with Crippen LogP contribution in [0.5, 0.6) is 0 Å². The molecule has 228 valence electrons. The van der Waals surface area contributed by atoms with Crippen molar-refractivity contribution in [3.05, 3.63) is 0 Å². The Morgan fingerprint density at radius 1 is 1.00 bits per heavy atom. The lowest BCUT2D eigenvalue weighted by atomic mass is 9.85. The van der Waals surface area contributed by atoms with Crippen molar-refractivity contribution in [2.45, 2.75) is 96.1 Å². The van der Waals surface area contributed by atoms with Gasteiger partial charge >= 0.3 is 12.1 Å². The minimum atomic E-state index is -5.21. The van der Waals surface area contributed by atoms with Gasteiger partial charge in [0.1, 0.15) is 12.1 Å². The molecule has 4 N–H and O–H groups in total. The summed E-state index contributed by atoms with van der Waals surface area (Å²) < 4.78 is 39.3. The Bertz CT molecular complexity index is 1100. The van der Waals surface area contributed by atoms with Crippen LogP contribution in [0.2, 0.25) is 0 Å². The summed E-state index contributed by atoms with van der Waals surface area (Å²) in [5, 5.41) is 9.71. The second kappa shape index (κ2) is 11.6. The number of rotatable bonds is 9. The van der Waals surface area contributed by atoms with Crippen molar-refractivity contribution in [3.63, 3.8) is 0 Å². The third kappa shape index (κ3) is 7.00. The monoisotopic (exact) mass is 585 g/mol. The van der Waals surface area contributed by atoms with Crippen LogP contribution >= 0.6 is 0 Å². The standard InChI is InChI=1S/C27H38F3N5O6/c1-26(2,3)20(34-25(41)27(28,29)30)24(40)35-12-14-5-4-6-16(14)18(35)22(38)33-17(11-13-9-10-31-21(13)37)19(36)23(39)32-15-7-8-15/h13-18,20H,4-12H2,1-3H3,(H,31,37)(H,32,39)(H,33,38)(H,34,41)/t13?,14-,16-,17-,18-,20+/m0/s1. The first-order valence-electron chi connectivity index (χ1n) is 14.2. The lowest BCUT2D eigenvalue weighted by molar-refractivity contribution is -0.176. The van der Waals surface area contributed by atoms with E-state index in [2.05, 4.69) is 16.0 Å². The molecule has 2 saturated heterocycles. The van der Waals surface area contributed by atoms with Crippen molar-refractivity contribution >= 4 is 35.3 Å². The van der Waals surface area contributed by atoms with Crippen LogP contribution in [0.3, 0.4) is 0 Å². The third-order valence-corrected chi connectivity index (χ3v) is 8.54. The number of alkyl halides is 3. The zero-order valence-electron chi connectivity index (χ0n) is 23.4. The Hall–Kier alpha value is -3.19. The fourth-order valence-corrected chi connectivity index (χ4v) is 6.18. The Morgan fingerprint density at radius 3 is 2.24 bits per heavy atom. The van der Waals surface area contributed by atoms with E-state index in [1.165, 1.54) is 25.7 Å². The van der Waals surface area contributed by atoms with Gasteiger partial charge in [0, 0.05) is 25.0 Å². The van der Waals surface area contributed by atoms with Crippen molar-refractivity contribution < 1.29 is 41.9 Å². The average molecular weight is 586 g/mol. The number of carbonyl (C=O) groups excluding carboxylic acids is 6. The maximum atomic E-state index is 13.8. The van der Waals surface area contributed by atoms with E-state index in [0.29, 0.717) is 25.8 Å². The molecule has 4 aliphatic rings. The van der Waals surface area contributed by atoms with Gasteiger partial charge in [-0.1, -0.05) is 27.2 Å². The van der Waals surface area contributed by atoms with Crippen LogP contribution < -0.4 is 21.3 Å². The number of ketones is 1. The Balaban J connectivity index is 1.58. The molecule has 0 radical (unpaired) electrons. The molecule has 2 saturated carbocycles. The largest absolute Gasteiger partial charge is 0.471 e. The number of Topliss-reactive ketones (excluding diaryl/α,β-unsaturated/α-hetero) is 1. The van der Waals surface area contributed by atoms with Gasteiger partial charge in [0.2, 0.25) is 23.5 Å². The number of amides is 5. The highest BCUT2D eigenvalue weighted by Gasteiger charge is 2.53. The number of halogens is 3. The number of carbonyl (C=O) groups is 6. The predicted octanol–water partition coefficient (Wildman–Crippen LogP) is 0.565. The van der Waals surface area contributed by atoms with Gasteiger partial charge in [0.15, 0.2) is 0 Å². The van der Waals surface area contributed by atoms with Gasteiger partial charge in [0.05, 0.1) is 6.04 Å². The molecule has 0 spiro atoms. The van der Waals surface area contributed by atoms with Gasteiger partial charge in [-0.25, -0.2) is 0 Å². The maximum Gasteiger partial charge on any atom is 0.471 e. The van der Waals surface area contributed by atoms with Gasteiger partial charge in [0.25, 0.3) is 5.91 Å². The molecule has 41 heavy (non-hydrogen) atoms. The van der Waals surface area contributed by atoms with E-state index in [9.17, 15) is 41.9 Å². The van der Waals surface area contributed by atoms with Crippen LogP contribution in [0.1, 0.15) is 65.7 Å². The van der Waals surface area contributed by atoms with Crippen LogP contribution in [0.25, 0.3) is 0 Å². The topological polar surface area (TPSA) is 154 Å². The highest BCUT2D eigenvalue weighted by atomic mass is 19.4. The SMILES string of the molecule is CC(C)(C)[C@H](NC(=O)C(F)(F)F)C(=O)N1C[C@@H]2CCC[C@@H]2[C@H]1C(=O)N[C@@H](CC1CCNC1=O)C(=O)C(=O)NC1CC1. The molecule has 2 heterocycles. The summed E-state index contributed by atoms with van der Waals surface area (Å²) >= 11 is 0. The number of nitrogens with zero attached hydrogens (tertiary/aromatic N) is 1. The summed E-state index contributed by atoms with van der Waals surface area (Å²) in [6.45, 7) is 5.05. The van der Waals surface area contributed by atoms with E-state index in [0.717, 1.165) is 19.3 Å². The first-order valence-corrected chi connectivity index (χ1v) is 14.2. The van der Waals surface area contributed by atoms with E-state index in [4.69, 9.17) is 0 Å². The Labute approximate surface area is 236 Å². The van der Waals surface area contributed by atoms with E-state index in [-0.39, 0.29) is 36.8 Å². The van der Waals surface area contributed by atoms with Gasteiger partial charge < -0.3 is 26.2 Å². The third-order valence-electron chi connectivity index (χ3n) is 8.54. The lowest BCUT2D eigenvalue weighted by Gasteiger charge is -2.36. The summed E-state index contributed by atoms with van der Waals surface area (Å²) in [4.78, 5) is 78.6. The van der Waals surface area contributed by atoms with Crippen LogP contribution in [0.4, 0.5) is 13.2 Å². The maximum absolute atomic E-state index is 13.8. The fraction of sp³-hybridized carbons (Fsp3) is 0.778. The van der Waals surface area contributed by atoms with E-state index in [1.807, 2.05) is 5.32 Å². The van der Waals surface area contributed by atoms with Crippen molar-refractivity contribution in [2.75, 3.05) is 13.1 Å². The van der Waals surface area contributed by atoms with Gasteiger partial charge in [-0.2, -0.15) is 13.2 Å². The lowest BCUT2D eigenvalue weighted by Crippen LogP contribution is -2.61. The van der Waals surface area contributed by atoms with Crippen molar-refractivity contribution in [2.24, 2.45) is 23.2 Å². The van der Waals surface area contributed by atoms with Crippen molar-refractivity contribution in [1.29, 1.82) is 0 Å². The number of nitrogens with one attached hydrogen (secondary N) is 4. The first-order chi connectivity index (χ1) is 19.1. The molecule has 0 aromatic heterocycles. The number of likely N-dealkylation sites (tertiary alicyclic amines) is 1. The predicted molar refractivity (Wildman–Crippen MR) is 138 cm³/mol. The second-order valence-electron chi connectivity index (χ2n) is 12.7. The molecule has 14 heteroatoms. The van der Waals surface area contributed by atoms with E-state index >= 15 is 0 Å². The van der Waals surface area contributed by atoms with Crippen LogP contribution in [-0.4, -0.2) is 83.7 Å². The Morgan fingerprint density at radius 2 is 1.68 bits per heavy atom. The zero-order valence-corrected chi connectivity index (χ0v) is 23.4. The van der Waals surface area contributed by atoms with Crippen molar-refractivity contribution in [1.82, 2.24) is 26.2 Å². The number of fused-ring (bicyclic) bond motifs is 1. The first kappa shape index (κ1) is 30.8. The molecule has 4 rings (SSSR count). The summed E-state index contributed by atoms with van der Waals surface area (Å²) in [6.07, 6.45) is -1.31. The van der Waals surface area contributed by atoms with Crippen LogP contribution in [0, 0.1) is 23.2 Å². The number of hydrogen-bond donors (Lipinski definition) is 4. The fourth-order valence-electron chi connectivity index (χ4n) is 6.18. The van der Waals surface area contributed by atoms with Gasteiger partial charge in [-0.15, -0.1) is 0 Å². The van der Waals surface area contributed by atoms with Crippen molar-refractivity contribution in [3.8, 4) is 0 Å². The van der Waals surface area contributed by atoms with E-state index < -0.39 is 65.0 Å². The molecule has 4 fully saturated rings. The average Bonchev–Trinajstić information content (AvgIpc) is 3.24. The quantitative estimate of drug-likeness (QED) is 0.290. The van der Waals surface area contributed by atoms with Gasteiger partial charge in [-0.3, -0.25) is 28.8 Å². The molecule has 0 bridgehead atoms. The van der Waals surface area contributed by atoms with Crippen LogP contribution in [-0.2, 0) is 28.8 Å². The molecular formula is C27H38F3N5O6. The van der Waals surface area contributed by atoms with Gasteiger partial charge in [-0.05, 0) is 55.8 Å². The molecular weight excluding hydrogens is 547 g/mol. The molecule has 0 aromatic carbocycles. The summed E-state index contributed by atoms with van der Waals surface area (Å²) in [7, 11) is 0. The highest BCUT2D eigenvalue weighted by molar-refractivity contribution is 6.38. The smallest absolute Gasteiger partial charge is 0.356 e. The van der Waals surface area contributed by atoms with Crippen LogP contribution in [0.15, 0.2) is 0 Å². The zero-order chi connectivity index (χ0) is 30.3. The second-order valence-corrected chi connectivity index (χ2v) is 12.7. The molecule has 1 unspecified atom stereocenters. The normalized spacial score (nSPS) is 27.5. The summed E-state index contributed by atoms with van der Waals surface area (Å²) in [5.74, 6) is -6.82. The molecule has 11 nitrogen and oxygen atoms in total.